The number of hydrogen-bond acceptors (Lipinski definition) is 4. The number of aromatic nitrogens is 2. The van der Waals surface area contributed by atoms with Crippen LogP contribution in [0.2, 0.25) is 5.02 Å². The van der Waals surface area contributed by atoms with E-state index < -0.39 is 21.6 Å². The summed E-state index contributed by atoms with van der Waals surface area (Å²) in [5.41, 5.74) is 0.438. The van der Waals surface area contributed by atoms with Gasteiger partial charge in [-0.15, -0.1) is 0 Å². The predicted molar refractivity (Wildman–Crippen MR) is 88.6 cm³/mol. The Labute approximate surface area is 143 Å². The van der Waals surface area contributed by atoms with Gasteiger partial charge in [0.1, 0.15) is 11.6 Å². The number of anilines is 1. The quantitative estimate of drug-likeness (QED) is 0.899. The van der Waals surface area contributed by atoms with Gasteiger partial charge in [0.15, 0.2) is 9.84 Å². The van der Waals surface area contributed by atoms with E-state index in [0.717, 1.165) is 6.07 Å². The van der Waals surface area contributed by atoms with Crippen molar-refractivity contribution in [2.24, 2.45) is 0 Å². The molecule has 0 radical (unpaired) electrons. The number of carbonyl (C=O) groups is 1. The van der Waals surface area contributed by atoms with Crippen molar-refractivity contribution in [3.63, 3.8) is 0 Å². The molecule has 128 valence electrons. The number of amides is 1. The van der Waals surface area contributed by atoms with Crippen molar-refractivity contribution >= 4 is 33.2 Å². The predicted octanol–water partition coefficient (Wildman–Crippen LogP) is 2.60. The van der Waals surface area contributed by atoms with Gasteiger partial charge in [-0.2, -0.15) is 5.10 Å². The zero-order chi connectivity index (χ0) is 17.5. The van der Waals surface area contributed by atoms with Crippen LogP contribution in [0.5, 0.6) is 0 Å². The molecule has 1 aliphatic rings. The maximum atomic E-state index is 13.8. The van der Waals surface area contributed by atoms with Gasteiger partial charge < -0.3 is 5.32 Å². The van der Waals surface area contributed by atoms with Crippen molar-refractivity contribution in [1.29, 1.82) is 0 Å². The first kappa shape index (κ1) is 16.9. The normalized spacial score (nSPS) is 19.4. The third kappa shape index (κ3) is 3.44. The number of aryl methyl sites for hydroxylation is 1. The van der Waals surface area contributed by atoms with E-state index in [1.165, 1.54) is 16.8 Å². The lowest BCUT2D eigenvalue weighted by Gasteiger charge is -2.14. The Balaban J connectivity index is 1.88. The minimum atomic E-state index is -3.10. The van der Waals surface area contributed by atoms with Crippen molar-refractivity contribution in [2.45, 2.75) is 19.4 Å². The van der Waals surface area contributed by atoms with Gasteiger partial charge in [0, 0.05) is 11.1 Å². The van der Waals surface area contributed by atoms with Crippen LogP contribution in [-0.2, 0) is 9.84 Å². The molecule has 6 nitrogen and oxygen atoms in total. The zero-order valence-electron chi connectivity index (χ0n) is 12.8. The van der Waals surface area contributed by atoms with Gasteiger partial charge >= 0.3 is 0 Å². The van der Waals surface area contributed by atoms with E-state index in [1.807, 2.05) is 0 Å². The molecule has 1 atom stereocenters. The Hall–Kier alpha value is -1.93. The number of carbonyl (C=O) groups excluding carboxylic acids is 1. The number of sulfone groups is 1. The molecule has 0 spiro atoms. The zero-order valence-corrected chi connectivity index (χ0v) is 14.4. The Morgan fingerprint density at radius 1 is 1.42 bits per heavy atom. The maximum absolute atomic E-state index is 13.8. The molecule has 2 aromatic rings. The summed E-state index contributed by atoms with van der Waals surface area (Å²) in [6, 6.07) is 4.98. The van der Waals surface area contributed by atoms with Gasteiger partial charge in [0.2, 0.25) is 0 Å². The highest BCUT2D eigenvalue weighted by atomic mass is 35.5. The largest absolute Gasteiger partial charge is 0.307 e. The highest BCUT2D eigenvalue weighted by Gasteiger charge is 2.31. The number of halogens is 2. The SMILES string of the molecule is Cc1cc(NC(=O)c2cc(Cl)ccc2F)n(C2CCS(=O)(=O)C2)n1. The molecule has 0 aliphatic carbocycles. The first-order valence-electron chi connectivity index (χ1n) is 7.28. The fourth-order valence-corrected chi connectivity index (χ4v) is 4.58. The van der Waals surface area contributed by atoms with Gasteiger partial charge in [0.05, 0.1) is 28.8 Å². The Bertz CT molecular complexity index is 911. The smallest absolute Gasteiger partial charge is 0.259 e. The van der Waals surface area contributed by atoms with E-state index in [4.69, 9.17) is 11.6 Å². The number of hydrogen-bond donors (Lipinski definition) is 1. The molecule has 1 aliphatic heterocycles. The lowest BCUT2D eigenvalue weighted by atomic mass is 10.2. The van der Waals surface area contributed by atoms with Gasteiger partial charge in [-0.1, -0.05) is 11.6 Å². The number of nitrogens with one attached hydrogen (secondary N) is 1. The van der Waals surface area contributed by atoms with Gasteiger partial charge in [-0.25, -0.2) is 17.5 Å². The minimum Gasteiger partial charge on any atom is -0.307 e. The Morgan fingerprint density at radius 2 is 2.17 bits per heavy atom. The van der Waals surface area contributed by atoms with Crippen molar-refractivity contribution in [2.75, 3.05) is 16.8 Å². The van der Waals surface area contributed by atoms with Gasteiger partial charge in [-0.3, -0.25) is 4.79 Å². The molecule has 9 heteroatoms. The third-order valence-electron chi connectivity index (χ3n) is 3.83. The summed E-state index contributed by atoms with van der Waals surface area (Å²) in [7, 11) is -3.10. The highest BCUT2D eigenvalue weighted by molar-refractivity contribution is 7.91. The average molecular weight is 372 g/mol. The number of nitrogens with zero attached hydrogens (tertiary/aromatic N) is 2. The van der Waals surface area contributed by atoms with Crippen LogP contribution < -0.4 is 5.32 Å². The maximum Gasteiger partial charge on any atom is 0.259 e. The van der Waals surface area contributed by atoms with Crippen molar-refractivity contribution in [1.82, 2.24) is 9.78 Å². The van der Waals surface area contributed by atoms with E-state index in [2.05, 4.69) is 10.4 Å². The van der Waals surface area contributed by atoms with Crippen LogP contribution in [0.4, 0.5) is 10.2 Å². The summed E-state index contributed by atoms with van der Waals surface area (Å²) in [6.45, 7) is 1.73. The molecule has 1 aromatic heterocycles. The molecule has 1 fully saturated rings. The highest BCUT2D eigenvalue weighted by Crippen LogP contribution is 2.27. The van der Waals surface area contributed by atoms with Crippen LogP contribution in [0.15, 0.2) is 24.3 Å². The van der Waals surface area contributed by atoms with Crippen LogP contribution in [0.25, 0.3) is 0 Å². The molecule has 2 heterocycles. The summed E-state index contributed by atoms with van der Waals surface area (Å²) in [6.07, 6.45) is 0.428. The summed E-state index contributed by atoms with van der Waals surface area (Å²) in [4.78, 5) is 12.3. The van der Waals surface area contributed by atoms with Crippen molar-refractivity contribution in [3.05, 3.63) is 46.4 Å². The molecular weight excluding hydrogens is 357 g/mol. The summed E-state index contributed by atoms with van der Waals surface area (Å²) < 4.78 is 38.6. The van der Waals surface area contributed by atoms with Gasteiger partial charge in [-0.05, 0) is 31.5 Å². The topological polar surface area (TPSA) is 81.1 Å². The molecular formula is C15H15ClFN3O3S. The van der Waals surface area contributed by atoms with E-state index in [-0.39, 0.29) is 28.1 Å². The average Bonchev–Trinajstić information content (AvgIpc) is 3.03. The second-order valence-corrected chi connectivity index (χ2v) is 8.42. The first-order chi connectivity index (χ1) is 11.2. The Morgan fingerprint density at radius 3 is 2.83 bits per heavy atom. The molecule has 3 rings (SSSR count). The minimum absolute atomic E-state index is 0.0253. The van der Waals surface area contributed by atoms with Crippen molar-refractivity contribution < 1.29 is 17.6 Å². The second-order valence-electron chi connectivity index (χ2n) is 5.75. The molecule has 24 heavy (non-hydrogen) atoms. The molecule has 1 unspecified atom stereocenters. The fourth-order valence-electron chi connectivity index (χ4n) is 2.71. The summed E-state index contributed by atoms with van der Waals surface area (Å²) in [5, 5.41) is 7.09. The van der Waals surface area contributed by atoms with Crippen molar-refractivity contribution in [3.8, 4) is 0 Å². The van der Waals surface area contributed by atoms with Gasteiger partial charge in [0.25, 0.3) is 5.91 Å². The molecule has 0 saturated carbocycles. The second kappa shape index (κ2) is 6.18. The molecule has 0 bridgehead atoms. The molecule has 1 saturated heterocycles. The lowest BCUT2D eigenvalue weighted by molar-refractivity contribution is 0.102. The number of rotatable bonds is 3. The van der Waals surface area contributed by atoms with Crippen LogP contribution in [0, 0.1) is 12.7 Å². The number of benzene rings is 1. The fraction of sp³-hybridized carbons (Fsp3) is 0.333. The van der Waals surface area contributed by atoms with E-state index in [0.29, 0.717) is 17.9 Å². The van der Waals surface area contributed by atoms with E-state index >= 15 is 0 Å². The monoisotopic (exact) mass is 371 g/mol. The Kier molecular flexibility index (Phi) is 4.35. The molecule has 1 N–H and O–H groups in total. The van der Waals surface area contributed by atoms with Crippen LogP contribution in [0.3, 0.4) is 0 Å². The summed E-state index contributed by atoms with van der Waals surface area (Å²) >= 11 is 5.80. The molecule has 1 aromatic carbocycles. The van der Waals surface area contributed by atoms with E-state index in [9.17, 15) is 17.6 Å². The molecule has 1 amide bonds. The van der Waals surface area contributed by atoms with E-state index in [1.54, 1.807) is 13.0 Å². The standard InChI is InChI=1S/C15H15ClFN3O3S/c1-9-6-14(20(19-9)11-4-5-24(22,23)8-11)18-15(21)12-7-10(16)2-3-13(12)17/h2-3,6-7,11H,4-5,8H2,1H3,(H,18,21). The third-order valence-corrected chi connectivity index (χ3v) is 5.81. The lowest BCUT2D eigenvalue weighted by Crippen LogP contribution is -2.20. The van der Waals surface area contributed by atoms with Crippen LogP contribution in [-0.4, -0.2) is 35.6 Å². The van der Waals surface area contributed by atoms with Crippen LogP contribution in [0.1, 0.15) is 28.5 Å². The van der Waals surface area contributed by atoms with Crippen LogP contribution >= 0.6 is 11.6 Å². The summed E-state index contributed by atoms with van der Waals surface area (Å²) in [5.74, 6) is -0.964. The first-order valence-corrected chi connectivity index (χ1v) is 9.48.